The molecule has 48 heavy (non-hydrogen) atoms. The molecule has 0 spiro atoms. The van der Waals surface area contributed by atoms with Crippen LogP contribution in [0.5, 0.6) is 0 Å². The maximum atomic E-state index is 12.6. The number of imidazole rings is 1. The molecule has 2 heterocycles. The van der Waals surface area contributed by atoms with E-state index in [4.69, 9.17) is 9.97 Å². The molecule has 5 nitrogen and oxygen atoms in total. The van der Waals surface area contributed by atoms with Crippen LogP contribution < -0.4 is 5.69 Å². The lowest BCUT2D eigenvalue weighted by molar-refractivity contribution is 0.795. The van der Waals surface area contributed by atoms with Gasteiger partial charge in [0.05, 0.1) is 22.4 Å². The van der Waals surface area contributed by atoms with Gasteiger partial charge in [0.1, 0.15) is 0 Å². The number of rotatable bonds is 6. The van der Waals surface area contributed by atoms with Crippen molar-refractivity contribution >= 4 is 11.0 Å². The number of hydrogen-bond donors (Lipinski definition) is 0. The third-order valence-corrected chi connectivity index (χ3v) is 9.03. The Morgan fingerprint density at radius 1 is 0.396 bits per heavy atom. The summed E-state index contributed by atoms with van der Waals surface area (Å²) in [6, 6.07) is 54.4. The van der Waals surface area contributed by atoms with Crippen LogP contribution in [0.3, 0.4) is 0 Å². The molecule has 0 aliphatic rings. The standard InChI is InChI=1S/C43H32N4O/c1-46-40-25-24-34(27-41(40)47(2)43(46)48)33-16-11-17-35(26-33)38-28-39(37-19-10-9-18-36(37)31-14-7-4-8-15-31)45-42(44-38)32-22-20-30(21-23-32)29-12-5-3-6-13-29/h3-28H,1-2H3. The lowest BCUT2D eigenvalue weighted by atomic mass is 9.96. The summed E-state index contributed by atoms with van der Waals surface area (Å²) in [6.07, 6.45) is 0. The summed E-state index contributed by atoms with van der Waals surface area (Å²) in [5.74, 6) is 0.663. The minimum Gasteiger partial charge on any atom is -0.295 e. The maximum Gasteiger partial charge on any atom is 0.328 e. The molecule has 0 saturated carbocycles. The molecule has 2 aromatic heterocycles. The second-order valence-corrected chi connectivity index (χ2v) is 12.0. The summed E-state index contributed by atoms with van der Waals surface area (Å²) in [6.45, 7) is 0. The zero-order valence-electron chi connectivity index (χ0n) is 26.7. The Morgan fingerprint density at radius 2 is 0.917 bits per heavy atom. The fraction of sp³-hybridized carbons (Fsp3) is 0.0465. The topological polar surface area (TPSA) is 52.7 Å². The van der Waals surface area contributed by atoms with Gasteiger partial charge in [-0.05, 0) is 57.6 Å². The van der Waals surface area contributed by atoms with Crippen molar-refractivity contribution in [2.24, 2.45) is 14.1 Å². The van der Waals surface area contributed by atoms with E-state index < -0.39 is 0 Å². The van der Waals surface area contributed by atoms with Crippen LogP contribution in [0.4, 0.5) is 0 Å². The van der Waals surface area contributed by atoms with Gasteiger partial charge in [0.25, 0.3) is 0 Å². The van der Waals surface area contributed by atoms with Gasteiger partial charge < -0.3 is 0 Å². The van der Waals surface area contributed by atoms with Crippen LogP contribution in [0, 0.1) is 0 Å². The van der Waals surface area contributed by atoms with E-state index >= 15 is 0 Å². The van der Waals surface area contributed by atoms with E-state index in [0.29, 0.717) is 5.82 Å². The first-order valence-electron chi connectivity index (χ1n) is 16.0. The Kier molecular flexibility index (Phi) is 7.35. The van der Waals surface area contributed by atoms with E-state index in [0.717, 1.165) is 66.9 Å². The molecular formula is C43H32N4O. The molecule has 0 aliphatic heterocycles. The highest BCUT2D eigenvalue weighted by atomic mass is 16.1. The molecule has 0 unspecified atom stereocenters. The largest absolute Gasteiger partial charge is 0.328 e. The Hall–Kier alpha value is -6.33. The molecule has 0 radical (unpaired) electrons. The van der Waals surface area contributed by atoms with Gasteiger partial charge in [0.2, 0.25) is 0 Å². The molecule has 8 aromatic rings. The van der Waals surface area contributed by atoms with Gasteiger partial charge in [-0.1, -0.05) is 133 Å². The molecular weight excluding hydrogens is 589 g/mol. The zero-order valence-corrected chi connectivity index (χ0v) is 26.7. The lowest BCUT2D eigenvalue weighted by Crippen LogP contribution is -2.19. The zero-order chi connectivity index (χ0) is 32.6. The number of nitrogens with zero attached hydrogens (tertiary/aromatic N) is 4. The van der Waals surface area contributed by atoms with Crippen molar-refractivity contribution in [2.45, 2.75) is 0 Å². The first-order valence-corrected chi connectivity index (χ1v) is 16.0. The van der Waals surface area contributed by atoms with Crippen molar-refractivity contribution in [1.82, 2.24) is 19.1 Å². The second kappa shape index (κ2) is 12.1. The van der Waals surface area contributed by atoms with E-state index in [-0.39, 0.29) is 5.69 Å². The molecule has 0 bridgehead atoms. The highest BCUT2D eigenvalue weighted by molar-refractivity contribution is 5.86. The van der Waals surface area contributed by atoms with Crippen molar-refractivity contribution in [2.75, 3.05) is 0 Å². The van der Waals surface area contributed by atoms with Crippen LogP contribution in [0.25, 0.3) is 78.3 Å². The molecule has 0 fully saturated rings. The summed E-state index contributed by atoms with van der Waals surface area (Å²) in [4.78, 5) is 22.9. The van der Waals surface area contributed by atoms with Crippen LogP contribution in [-0.4, -0.2) is 19.1 Å². The van der Waals surface area contributed by atoms with Crippen molar-refractivity contribution in [1.29, 1.82) is 0 Å². The Bertz CT molecular complexity index is 2480. The van der Waals surface area contributed by atoms with E-state index in [9.17, 15) is 4.79 Å². The number of aryl methyl sites for hydroxylation is 2. The number of hydrogen-bond acceptors (Lipinski definition) is 3. The molecule has 0 amide bonds. The summed E-state index contributed by atoms with van der Waals surface area (Å²) in [5, 5.41) is 0. The third kappa shape index (κ3) is 5.31. The van der Waals surface area contributed by atoms with E-state index in [2.05, 4.69) is 140 Å². The van der Waals surface area contributed by atoms with Crippen LogP contribution in [0.1, 0.15) is 0 Å². The van der Waals surface area contributed by atoms with Crippen LogP contribution in [0.15, 0.2) is 163 Å². The molecule has 0 saturated heterocycles. The van der Waals surface area contributed by atoms with Gasteiger partial charge in [-0.2, -0.15) is 0 Å². The van der Waals surface area contributed by atoms with Crippen molar-refractivity contribution in [3.63, 3.8) is 0 Å². The average Bonchev–Trinajstić information content (AvgIpc) is 3.38. The van der Waals surface area contributed by atoms with E-state index in [1.807, 2.05) is 25.2 Å². The van der Waals surface area contributed by atoms with E-state index in [1.54, 1.807) is 16.2 Å². The van der Waals surface area contributed by atoms with Gasteiger partial charge in [0, 0.05) is 30.8 Å². The minimum absolute atomic E-state index is 0.0375. The first kappa shape index (κ1) is 29.1. The molecule has 8 rings (SSSR count). The highest BCUT2D eigenvalue weighted by Gasteiger charge is 2.15. The number of benzene rings is 6. The monoisotopic (exact) mass is 620 g/mol. The highest BCUT2D eigenvalue weighted by Crippen LogP contribution is 2.35. The maximum absolute atomic E-state index is 12.6. The molecule has 0 N–H and O–H groups in total. The Morgan fingerprint density at radius 3 is 1.67 bits per heavy atom. The van der Waals surface area contributed by atoms with Crippen molar-refractivity contribution in [3.05, 3.63) is 168 Å². The summed E-state index contributed by atoms with van der Waals surface area (Å²) >= 11 is 0. The predicted octanol–water partition coefficient (Wildman–Crippen LogP) is 9.67. The normalized spacial score (nSPS) is 11.2. The van der Waals surface area contributed by atoms with E-state index in [1.165, 1.54) is 5.56 Å². The summed E-state index contributed by atoms with van der Waals surface area (Å²) < 4.78 is 3.37. The Labute approximate surface area is 279 Å². The second-order valence-electron chi connectivity index (χ2n) is 12.0. The molecule has 0 aliphatic carbocycles. The predicted molar refractivity (Wildman–Crippen MR) is 196 cm³/mol. The lowest BCUT2D eigenvalue weighted by Gasteiger charge is -2.14. The third-order valence-electron chi connectivity index (χ3n) is 9.03. The molecule has 5 heteroatoms. The fourth-order valence-electron chi connectivity index (χ4n) is 6.42. The van der Waals surface area contributed by atoms with Gasteiger partial charge in [-0.25, -0.2) is 14.8 Å². The molecule has 230 valence electrons. The smallest absolute Gasteiger partial charge is 0.295 e. The first-order chi connectivity index (χ1) is 23.5. The summed E-state index contributed by atoms with van der Waals surface area (Å²) in [7, 11) is 3.62. The number of aromatic nitrogens is 4. The fourth-order valence-corrected chi connectivity index (χ4v) is 6.42. The van der Waals surface area contributed by atoms with Crippen LogP contribution >= 0.6 is 0 Å². The van der Waals surface area contributed by atoms with Crippen LogP contribution in [0.2, 0.25) is 0 Å². The molecule has 0 atom stereocenters. The quantitative estimate of drug-likeness (QED) is 0.186. The van der Waals surface area contributed by atoms with Crippen LogP contribution in [-0.2, 0) is 14.1 Å². The van der Waals surface area contributed by atoms with Gasteiger partial charge in [-0.15, -0.1) is 0 Å². The summed E-state index contributed by atoms with van der Waals surface area (Å²) in [5.41, 5.74) is 13.1. The van der Waals surface area contributed by atoms with Crippen molar-refractivity contribution < 1.29 is 0 Å². The van der Waals surface area contributed by atoms with Gasteiger partial charge in [-0.3, -0.25) is 9.13 Å². The average molecular weight is 621 g/mol. The SMILES string of the molecule is Cn1c(=O)n(C)c2cc(-c3cccc(-c4cc(-c5ccccc5-c5ccccc5)nc(-c5ccc(-c6ccccc6)cc5)n4)c3)ccc21. The Balaban J connectivity index is 1.27. The van der Waals surface area contributed by atoms with Gasteiger partial charge >= 0.3 is 5.69 Å². The number of fused-ring (bicyclic) bond motifs is 1. The molecule has 6 aromatic carbocycles. The minimum atomic E-state index is -0.0375. The van der Waals surface area contributed by atoms with Gasteiger partial charge in [0.15, 0.2) is 5.82 Å². The van der Waals surface area contributed by atoms with Crippen molar-refractivity contribution in [3.8, 4) is 67.3 Å².